The summed E-state index contributed by atoms with van der Waals surface area (Å²) in [6, 6.07) is 6.40. The molecule has 0 unspecified atom stereocenters. The smallest absolute Gasteiger partial charge is 0.341 e. The van der Waals surface area contributed by atoms with E-state index in [1.54, 1.807) is 11.2 Å². The minimum Gasteiger partial charge on any atom is -0.462 e. The van der Waals surface area contributed by atoms with Gasteiger partial charge in [0.2, 0.25) is 10.0 Å². The summed E-state index contributed by atoms with van der Waals surface area (Å²) >= 11 is 1.41. The molecule has 0 radical (unpaired) electrons. The van der Waals surface area contributed by atoms with Crippen LogP contribution in [0.3, 0.4) is 0 Å². The van der Waals surface area contributed by atoms with Crippen molar-refractivity contribution in [2.45, 2.75) is 64.9 Å². The SMILES string of the molecule is CCOC(=O)c1c(NC(=O)c2ccc(S(=O)(=O)N3C[C@H](C)C[C@@H](C)C3)cc2)sc2c1CCN(C(C)C)C2. The van der Waals surface area contributed by atoms with E-state index in [4.69, 9.17) is 4.74 Å². The van der Waals surface area contributed by atoms with Crippen molar-refractivity contribution in [2.75, 3.05) is 31.6 Å². The summed E-state index contributed by atoms with van der Waals surface area (Å²) in [5.74, 6) is -0.212. The van der Waals surface area contributed by atoms with Crippen LogP contribution < -0.4 is 5.32 Å². The van der Waals surface area contributed by atoms with Gasteiger partial charge in [-0.1, -0.05) is 13.8 Å². The van der Waals surface area contributed by atoms with Gasteiger partial charge in [-0.3, -0.25) is 9.69 Å². The molecule has 2 atom stereocenters. The lowest BCUT2D eigenvalue weighted by molar-refractivity contribution is 0.0526. The van der Waals surface area contributed by atoms with Crippen LogP contribution >= 0.6 is 11.3 Å². The molecule has 37 heavy (non-hydrogen) atoms. The number of carbonyl (C=O) groups is 2. The highest BCUT2D eigenvalue weighted by Crippen LogP contribution is 2.38. The second-order valence-electron chi connectivity index (χ2n) is 10.5. The van der Waals surface area contributed by atoms with Crippen molar-refractivity contribution in [3.05, 3.63) is 45.8 Å². The van der Waals surface area contributed by atoms with Gasteiger partial charge in [0.15, 0.2) is 0 Å². The number of piperidine rings is 1. The standard InChI is InChI=1S/C27H37N3O5S2/c1-6-35-27(32)24-22-11-12-29(17(2)3)16-23(22)36-26(24)28-25(31)20-7-9-21(10-8-20)37(33,34)30-14-18(4)13-19(5)15-30/h7-10,17-19H,6,11-16H2,1-5H3,(H,28,31)/t18-,19-/m1/s1. The van der Waals surface area contributed by atoms with Gasteiger partial charge >= 0.3 is 5.97 Å². The van der Waals surface area contributed by atoms with Gasteiger partial charge in [0.25, 0.3) is 5.91 Å². The van der Waals surface area contributed by atoms with Gasteiger partial charge in [0.1, 0.15) is 5.00 Å². The first-order valence-electron chi connectivity index (χ1n) is 13.0. The van der Waals surface area contributed by atoms with Crippen LogP contribution in [0, 0.1) is 11.8 Å². The molecule has 2 aromatic rings. The molecule has 4 rings (SSSR count). The molecule has 1 N–H and O–H groups in total. The third-order valence-corrected chi connectivity index (χ3v) is 10.1. The highest BCUT2D eigenvalue weighted by atomic mass is 32.2. The number of thiophene rings is 1. The fraction of sp³-hybridized carbons (Fsp3) is 0.556. The van der Waals surface area contributed by atoms with E-state index in [2.05, 4.69) is 37.9 Å². The number of amides is 1. The summed E-state index contributed by atoms with van der Waals surface area (Å²) < 4.78 is 33.2. The van der Waals surface area contributed by atoms with Crippen molar-refractivity contribution < 1.29 is 22.7 Å². The van der Waals surface area contributed by atoms with E-state index in [-0.39, 0.29) is 11.5 Å². The number of hydrogen-bond acceptors (Lipinski definition) is 7. The number of hydrogen-bond donors (Lipinski definition) is 1. The molecule has 0 saturated carbocycles. The number of nitrogens with zero attached hydrogens (tertiary/aromatic N) is 2. The van der Waals surface area contributed by atoms with Gasteiger partial charge in [-0.25, -0.2) is 13.2 Å². The summed E-state index contributed by atoms with van der Waals surface area (Å²) in [5.41, 5.74) is 1.71. The van der Waals surface area contributed by atoms with E-state index in [1.807, 2.05) is 0 Å². The number of rotatable bonds is 7. The first-order chi connectivity index (χ1) is 17.5. The molecule has 2 aliphatic heterocycles. The van der Waals surface area contributed by atoms with Crippen LogP contribution in [0.15, 0.2) is 29.2 Å². The van der Waals surface area contributed by atoms with Gasteiger partial charge in [0.05, 0.1) is 17.1 Å². The predicted octanol–water partition coefficient (Wildman–Crippen LogP) is 4.61. The van der Waals surface area contributed by atoms with E-state index in [0.29, 0.717) is 53.5 Å². The van der Waals surface area contributed by atoms with Gasteiger partial charge in [0, 0.05) is 42.7 Å². The van der Waals surface area contributed by atoms with Crippen LogP contribution in [-0.4, -0.2) is 61.8 Å². The van der Waals surface area contributed by atoms with Crippen LogP contribution in [0.4, 0.5) is 5.00 Å². The monoisotopic (exact) mass is 547 g/mol. The Morgan fingerprint density at radius 3 is 2.38 bits per heavy atom. The molecule has 1 fully saturated rings. The number of ether oxygens (including phenoxy) is 1. The highest BCUT2D eigenvalue weighted by molar-refractivity contribution is 7.89. The van der Waals surface area contributed by atoms with E-state index < -0.39 is 21.9 Å². The molecule has 10 heteroatoms. The molecule has 3 heterocycles. The van der Waals surface area contributed by atoms with E-state index in [1.165, 1.54) is 35.6 Å². The maximum Gasteiger partial charge on any atom is 0.341 e. The molecule has 2 aliphatic rings. The second kappa shape index (κ2) is 11.2. The number of sulfonamides is 1. The third kappa shape index (κ3) is 5.92. The van der Waals surface area contributed by atoms with Gasteiger partial charge in [-0.05, 0) is 75.3 Å². The zero-order valence-corrected chi connectivity index (χ0v) is 23.9. The Morgan fingerprint density at radius 1 is 1.14 bits per heavy atom. The molecule has 1 saturated heterocycles. The molecule has 0 aliphatic carbocycles. The highest BCUT2D eigenvalue weighted by Gasteiger charge is 2.33. The van der Waals surface area contributed by atoms with Crippen LogP contribution in [0.5, 0.6) is 0 Å². The third-order valence-electron chi connectivity index (χ3n) is 7.11. The Kier molecular flexibility index (Phi) is 8.42. The van der Waals surface area contributed by atoms with E-state index in [9.17, 15) is 18.0 Å². The Bertz CT molecular complexity index is 1240. The summed E-state index contributed by atoms with van der Waals surface area (Å²) in [6.07, 6.45) is 1.73. The van der Waals surface area contributed by atoms with Crippen LogP contribution in [0.2, 0.25) is 0 Å². The lowest BCUT2D eigenvalue weighted by Gasteiger charge is -2.34. The molecule has 1 amide bonds. The van der Waals surface area contributed by atoms with Crippen LogP contribution in [0.25, 0.3) is 0 Å². The van der Waals surface area contributed by atoms with Crippen LogP contribution in [0.1, 0.15) is 72.2 Å². The number of fused-ring (bicyclic) bond motifs is 1. The lowest BCUT2D eigenvalue weighted by Crippen LogP contribution is -2.42. The van der Waals surface area contributed by atoms with Crippen molar-refractivity contribution in [1.29, 1.82) is 0 Å². The minimum absolute atomic E-state index is 0.179. The largest absolute Gasteiger partial charge is 0.462 e. The molecular weight excluding hydrogens is 510 g/mol. The van der Waals surface area contributed by atoms with Crippen molar-refractivity contribution in [3.63, 3.8) is 0 Å². The Labute approximate surface area is 224 Å². The van der Waals surface area contributed by atoms with Crippen molar-refractivity contribution in [3.8, 4) is 0 Å². The maximum atomic E-state index is 13.2. The summed E-state index contributed by atoms with van der Waals surface area (Å²) in [4.78, 5) is 29.6. The first-order valence-corrected chi connectivity index (χ1v) is 15.2. The average Bonchev–Trinajstić information content (AvgIpc) is 3.20. The Balaban J connectivity index is 1.55. The maximum absolute atomic E-state index is 13.2. The summed E-state index contributed by atoms with van der Waals surface area (Å²) in [5, 5.41) is 3.38. The van der Waals surface area contributed by atoms with Gasteiger partial charge < -0.3 is 10.1 Å². The zero-order valence-electron chi connectivity index (χ0n) is 22.2. The quantitative estimate of drug-likeness (QED) is 0.509. The second-order valence-corrected chi connectivity index (χ2v) is 13.5. The fourth-order valence-corrected chi connectivity index (χ4v) is 8.21. The van der Waals surface area contributed by atoms with E-state index in [0.717, 1.165) is 30.0 Å². The Hall–Kier alpha value is -2.27. The molecule has 0 bridgehead atoms. The van der Waals surface area contributed by atoms with E-state index >= 15 is 0 Å². The first kappa shape index (κ1) is 27.8. The fourth-order valence-electron chi connectivity index (χ4n) is 5.28. The predicted molar refractivity (Wildman–Crippen MR) is 146 cm³/mol. The normalized spacial score (nSPS) is 21.0. The minimum atomic E-state index is -3.63. The van der Waals surface area contributed by atoms with Crippen LogP contribution in [-0.2, 0) is 27.7 Å². The van der Waals surface area contributed by atoms with Gasteiger partial charge in [-0.2, -0.15) is 4.31 Å². The molecule has 8 nitrogen and oxygen atoms in total. The van der Waals surface area contributed by atoms with Crippen molar-refractivity contribution >= 4 is 38.2 Å². The zero-order chi connectivity index (χ0) is 26.9. The summed E-state index contributed by atoms with van der Waals surface area (Å²) in [7, 11) is -3.63. The molecule has 0 spiro atoms. The van der Waals surface area contributed by atoms with Crippen molar-refractivity contribution in [1.82, 2.24) is 9.21 Å². The number of anilines is 1. The molecule has 1 aromatic heterocycles. The van der Waals surface area contributed by atoms with Gasteiger partial charge in [-0.15, -0.1) is 11.3 Å². The molecule has 202 valence electrons. The number of carbonyl (C=O) groups excluding carboxylic acids is 2. The lowest BCUT2D eigenvalue weighted by atomic mass is 9.94. The Morgan fingerprint density at radius 2 is 1.78 bits per heavy atom. The molecule has 1 aromatic carbocycles. The molecular formula is C27H37N3O5S2. The average molecular weight is 548 g/mol. The summed E-state index contributed by atoms with van der Waals surface area (Å²) in [6.45, 7) is 13.0. The number of benzene rings is 1. The topological polar surface area (TPSA) is 96.0 Å². The van der Waals surface area contributed by atoms with Crippen molar-refractivity contribution in [2.24, 2.45) is 11.8 Å². The number of nitrogens with one attached hydrogen (secondary N) is 1. The number of esters is 1.